The quantitative estimate of drug-likeness (QED) is 0.441. The van der Waals surface area contributed by atoms with E-state index >= 15 is 0 Å². The maximum absolute atomic E-state index is 11.3. The number of rotatable bonds is 3. The second-order valence-electron chi connectivity index (χ2n) is 3.75. The van der Waals surface area contributed by atoms with Crippen molar-refractivity contribution in [2.24, 2.45) is 0 Å². The minimum atomic E-state index is -1.42. The molecular formula is C9H12N2O7. The number of aliphatic hydroxyl groups excluding tert-OH is 3. The first kappa shape index (κ1) is 12.8. The first-order valence-electron chi connectivity index (χ1n) is 5.14. The largest absolute Gasteiger partial charge is 0.394 e. The molecule has 100 valence electrons. The van der Waals surface area contributed by atoms with Gasteiger partial charge in [0, 0.05) is 6.07 Å². The average molecular weight is 260 g/mol. The van der Waals surface area contributed by atoms with Crippen molar-refractivity contribution in [3.8, 4) is 0 Å². The molecule has 0 spiro atoms. The molecule has 0 aliphatic carbocycles. The van der Waals surface area contributed by atoms with Crippen molar-refractivity contribution < 1.29 is 24.9 Å². The van der Waals surface area contributed by atoms with Gasteiger partial charge in [-0.25, -0.2) is 4.79 Å². The Kier molecular flexibility index (Phi) is 3.48. The number of aromatic nitrogens is 2. The molecule has 0 bridgehead atoms. The molecule has 1 aliphatic rings. The number of hydrogen-bond donors (Lipinski definition) is 4. The summed E-state index contributed by atoms with van der Waals surface area (Å²) in [6, 6.07) is 1.04. The zero-order valence-corrected chi connectivity index (χ0v) is 9.09. The van der Waals surface area contributed by atoms with Crippen molar-refractivity contribution in [3.05, 3.63) is 33.1 Å². The fraction of sp³-hybridized carbons (Fsp3) is 0.556. The van der Waals surface area contributed by atoms with E-state index in [2.05, 4.69) is 0 Å². The summed E-state index contributed by atoms with van der Waals surface area (Å²) < 4.78 is 5.65. The van der Waals surface area contributed by atoms with E-state index in [9.17, 15) is 19.8 Å². The normalized spacial score (nSPS) is 31.5. The lowest BCUT2D eigenvalue weighted by Gasteiger charge is -2.16. The Balaban J connectivity index is 2.15. The minimum Gasteiger partial charge on any atom is -0.394 e. The fourth-order valence-electron chi connectivity index (χ4n) is 1.55. The third-order valence-corrected chi connectivity index (χ3v) is 2.51. The molecule has 1 aromatic rings. The van der Waals surface area contributed by atoms with Gasteiger partial charge in [-0.15, -0.1) is 4.73 Å². The van der Waals surface area contributed by atoms with Crippen molar-refractivity contribution in [1.82, 2.24) is 9.71 Å². The molecule has 1 saturated heterocycles. The summed E-state index contributed by atoms with van der Waals surface area (Å²) in [6.45, 7) is -0.501. The Labute approximate surface area is 99.8 Å². The highest BCUT2D eigenvalue weighted by Crippen LogP contribution is 2.19. The van der Waals surface area contributed by atoms with E-state index in [1.54, 1.807) is 0 Å². The number of H-pyrrole nitrogens is 1. The molecule has 2 rings (SSSR count). The van der Waals surface area contributed by atoms with Crippen molar-refractivity contribution in [2.75, 3.05) is 6.61 Å². The summed E-state index contributed by atoms with van der Waals surface area (Å²) >= 11 is 0. The van der Waals surface area contributed by atoms with Crippen LogP contribution in [0.1, 0.15) is 0 Å². The van der Waals surface area contributed by atoms with Gasteiger partial charge in [0.2, 0.25) is 0 Å². The van der Waals surface area contributed by atoms with E-state index < -0.39 is 42.5 Å². The van der Waals surface area contributed by atoms with Crippen LogP contribution in [0.15, 0.2) is 21.9 Å². The second kappa shape index (κ2) is 4.90. The molecule has 0 aromatic carbocycles. The third kappa shape index (κ3) is 2.29. The predicted molar refractivity (Wildman–Crippen MR) is 55.7 cm³/mol. The number of nitrogens with zero attached hydrogens (tertiary/aromatic N) is 1. The van der Waals surface area contributed by atoms with Crippen molar-refractivity contribution in [2.45, 2.75) is 24.6 Å². The van der Waals surface area contributed by atoms with Gasteiger partial charge in [0.25, 0.3) is 11.8 Å². The Morgan fingerprint density at radius 1 is 1.39 bits per heavy atom. The van der Waals surface area contributed by atoms with E-state index in [0.717, 1.165) is 12.3 Å². The van der Waals surface area contributed by atoms with E-state index in [1.807, 2.05) is 4.98 Å². The van der Waals surface area contributed by atoms with E-state index in [4.69, 9.17) is 14.7 Å². The Morgan fingerprint density at radius 3 is 2.67 bits per heavy atom. The lowest BCUT2D eigenvalue weighted by molar-refractivity contribution is -0.174. The van der Waals surface area contributed by atoms with Crippen LogP contribution in [0.25, 0.3) is 0 Å². The monoisotopic (exact) mass is 260 g/mol. The van der Waals surface area contributed by atoms with Crippen LogP contribution in [-0.4, -0.2) is 56.2 Å². The van der Waals surface area contributed by atoms with Crippen LogP contribution in [0.5, 0.6) is 0 Å². The van der Waals surface area contributed by atoms with Crippen LogP contribution in [0.3, 0.4) is 0 Å². The van der Waals surface area contributed by atoms with Gasteiger partial charge in [-0.2, -0.15) is 0 Å². The molecule has 1 aliphatic heterocycles. The van der Waals surface area contributed by atoms with E-state index in [0.29, 0.717) is 4.73 Å². The molecule has 0 amide bonds. The topological polar surface area (TPSA) is 134 Å². The standard InChI is InChI=1S/C9H12N2O7/c12-3-4-6(14)7(15)8(17-4)18-11-2-1-5(13)10-9(11)16/h1-2,4,6-8,12,14-15H,3H2,(H,10,13,16)/t4-,6-,7-,8?/m1/s1. The maximum atomic E-state index is 11.3. The Hall–Kier alpha value is -1.68. The van der Waals surface area contributed by atoms with Crippen molar-refractivity contribution in [3.63, 3.8) is 0 Å². The zero-order valence-electron chi connectivity index (χ0n) is 9.09. The smallest absolute Gasteiger partial charge is 0.361 e. The van der Waals surface area contributed by atoms with Gasteiger partial charge >= 0.3 is 5.69 Å². The number of aliphatic hydroxyl groups is 3. The fourth-order valence-corrected chi connectivity index (χ4v) is 1.55. The Bertz CT molecular complexity index is 524. The summed E-state index contributed by atoms with van der Waals surface area (Å²) in [7, 11) is 0. The molecule has 4 atom stereocenters. The number of ether oxygens (including phenoxy) is 1. The highest BCUT2D eigenvalue weighted by molar-refractivity contribution is 4.87. The van der Waals surface area contributed by atoms with Crippen LogP contribution in [0.4, 0.5) is 0 Å². The lowest BCUT2D eigenvalue weighted by Crippen LogP contribution is -2.42. The molecular weight excluding hydrogens is 248 g/mol. The van der Waals surface area contributed by atoms with Crippen LogP contribution in [-0.2, 0) is 4.74 Å². The summed E-state index contributed by atoms with van der Waals surface area (Å²) in [5, 5.41) is 27.9. The first-order valence-corrected chi connectivity index (χ1v) is 5.14. The van der Waals surface area contributed by atoms with Crippen LogP contribution >= 0.6 is 0 Å². The van der Waals surface area contributed by atoms with Crippen molar-refractivity contribution >= 4 is 0 Å². The maximum Gasteiger partial charge on any atom is 0.361 e. The molecule has 1 fully saturated rings. The highest BCUT2D eigenvalue weighted by atomic mass is 16.8. The molecule has 1 aromatic heterocycles. The number of aromatic amines is 1. The molecule has 0 saturated carbocycles. The summed E-state index contributed by atoms with van der Waals surface area (Å²) in [4.78, 5) is 29.0. The number of nitrogens with one attached hydrogen (secondary N) is 1. The average Bonchev–Trinajstić information content (AvgIpc) is 2.60. The van der Waals surface area contributed by atoms with Crippen molar-refractivity contribution in [1.29, 1.82) is 0 Å². The SMILES string of the molecule is O=c1ccn(OC2O[C@H](CO)[C@@H](O)[C@H]2O)c(=O)[nH]1. The van der Waals surface area contributed by atoms with Gasteiger partial charge < -0.3 is 24.9 Å². The highest BCUT2D eigenvalue weighted by Gasteiger charge is 2.44. The molecule has 0 radical (unpaired) electrons. The van der Waals surface area contributed by atoms with Gasteiger partial charge in [-0.1, -0.05) is 0 Å². The second-order valence-corrected chi connectivity index (χ2v) is 3.75. The van der Waals surface area contributed by atoms with Gasteiger partial charge in [-0.05, 0) is 0 Å². The molecule has 9 heteroatoms. The summed E-state index contributed by atoms with van der Waals surface area (Å²) in [5.74, 6) is 0. The molecule has 18 heavy (non-hydrogen) atoms. The number of hydrogen-bond acceptors (Lipinski definition) is 7. The summed E-state index contributed by atoms with van der Waals surface area (Å²) in [6.07, 6.45) is -4.00. The third-order valence-electron chi connectivity index (χ3n) is 2.51. The lowest BCUT2D eigenvalue weighted by atomic mass is 10.1. The minimum absolute atomic E-state index is 0.501. The van der Waals surface area contributed by atoms with Gasteiger partial charge in [0.1, 0.15) is 18.3 Å². The zero-order chi connectivity index (χ0) is 13.3. The van der Waals surface area contributed by atoms with Crippen LogP contribution in [0, 0.1) is 0 Å². The van der Waals surface area contributed by atoms with Gasteiger partial charge in [0.15, 0.2) is 0 Å². The Morgan fingerprint density at radius 2 is 2.11 bits per heavy atom. The molecule has 1 unspecified atom stereocenters. The van der Waals surface area contributed by atoms with E-state index in [-0.39, 0.29) is 0 Å². The van der Waals surface area contributed by atoms with Gasteiger partial charge in [0.05, 0.1) is 12.8 Å². The molecule has 4 N–H and O–H groups in total. The first-order chi connectivity index (χ1) is 8.52. The predicted octanol–water partition coefficient (Wildman–Crippen LogP) is -3.60. The van der Waals surface area contributed by atoms with E-state index in [1.165, 1.54) is 0 Å². The van der Waals surface area contributed by atoms with Crippen LogP contribution < -0.4 is 16.1 Å². The molecule has 2 heterocycles. The summed E-state index contributed by atoms with van der Waals surface area (Å²) in [5.41, 5.74) is -1.44. The van der Waals surface area contributed by atoms with Crippen LogP contribution in [0.2, 0.25) is 0 Å². The van der Waals surface area contributed by atoms with Gasteiger partial charge in [-0.3, -0.25) is 9.78 Å². The molecule has 9 nitrogen and oxygen atoms in total.